The maximum Gasteiger partial charge on any atom is 0.220 e. The summed E-state index contributed by atoms with van der Waals surface area (Å²) in [5.41, 5.74) is 4.72. The number of hydrogen-bond donors (Lipinski definition) is 2. The van der Waals surface area contributed by atoms with Gasteiger partial charge in [-0.3, -0.25) is 4.79 Å². The molecular formula is C23H28N2O. The van der Waals surface area contributed by atoms with E-state index in [1.807, 2.05) is 6.07 Å². The number of aryl methyl sites for hydroxylation is 1. The molecule has 0 bridgehead atoms. The summed E-state index contributed by atoms with van der Waals surface area (Å²) in [5, 5.41) is 4.28. The summed E-state index contributed by atoms with van der Waals surface area (Å²) in [5.74, 6) is 0.176. The van der Waals surface area contributed by atoms with E-state index in [0.717, 1.165) is 31.3 Å². The highest BCUT2D eigenvalue weighted by molar-refractivity contribution is 5.86. The molecule has 1 atom stereocenters. The fourth-order valence-electron chi connectivity index (χ4n) is 3.45. The first kappa shape index (κ1) is 18.2. The van der Waals surface area contributed by atoms with Crippen molar-refractivity contribution in [3.05, 3.63) is 71.4 Å². The van der Waals surface area contributed by atoms with Gasteiger partial charge in [0.05, 0.1) is 0 Å². The molecule has 1 aromatic heterocycles. The summed E-state index contributed by atoms with van der Waals surface area (Å²) < 4.78 is 0. The van der Waals surface area contributed by atoms with Crippen molar-refractivity contribution in [2.45, 2.75) is 45.4 Å². The van der Waals surface area contributed by atoms with Crippen molar-refractivity contribution in [3.63, 3.8) is 0 Å². The SMILES string of the molecule is CCCCCNC(=O)CC(c1ccc(C)cc1)c1c[nH]c2ccccc12. The molecule has 2 N–H and O–H groups in total. The van der Waals surface area contributed by atoms with Crippen molar-refractivity contribution >= 4 is 16.8 Å². The van der Waals surface area contributed by atoms with Crippen LogP contribution in [0, 0.1) is 6.92 Å². The minimum atomic E-state index is 0.0536. The zero-order chi connectivity index (χ0) is 18.4. The van der Waals surface area contributed by atoms with Gasteiger partial charge in [-0.05, 0) is 30.5 Å². The average molecular weight is 348 g/mol. The first-order valence-electron chi connectivity index (χ1n) is 9.58. The fraction of sp³-hybridized carbons (Fsp3) is 0.348. The minimum Gasteiger partial charge on any atom is -0.361 e. The van der Waals surface area contributed by atoms with E-state index in [4.69, 9.17) is 0 Å². The summed E-state index contributed by atoms with van der Waals surface area (Å²) in [6, 6.07) is 16.8. The normalized spacial score (nSPS) is 12.2. The summed E-state index contributed by atoms with van der Waals surface area (Å²) in [6.07, 6.45) is 5.89. The molecule has 0 saturated heterocycles. The van der Waals surface area contributed by atoms with Crippen LogP contribution in [0.15, 0.2) is 54.7 Å². The molecule has 3 heteroatoms. The van der Waals surface area contributed by atoms with Gasteiger partial charge in [-0.15, -0.1) is 0 Å². The molecule has 0 fully saturated rings. The summed E-state index contributed by atoms with van der Waals surface area (Å²) in [7, 11) is 0. The Morgan fingerprint density at radius 3 is 2.62 bits per heavy atom. The van der Waals surface area contributed by atoms with Crippen molar-refractivity contribution in [3.8, 4) is 0 Å². The Hall–Kier alpha value is -2.55. The molecule has 3 rings (SSSR count). The molecule has 1 amide bonds. The largest absolute Gasteiger partial charge is 0.361 e. The van der Waals surface area contributed by atoms with Crippen molar-refractivity contribution in [2.24, 2.45) is 0 Å². The number of carbonyl (C=O) groups excluding carboxylic acids is 1. The highest BCUT2D eigenvalue weighted by Crippen LogP contribution is 2.33. The Morgan fingerprint density at radius 2 is 1.85 bits per heavy atom. The Bertz CT molecular complexity index is 848. The van der Waals surface area contributed by atoms with E-state index >= 15 is 0 Å². The third-order valence-corrected chi connectivity index (χ3v) is 4.97. The summed E-state index contributed by atoms with van der Waals surface area (Å²) in [6.45, 7) is 5.03. The molecule has 0 aliphatic rings. The lowest BCUT2D eigenvalue weighted by atomic mass is 9.87. The lowest BCUT2D eigenvalue weighted by molar-refractivity contribution is -0.121. The van der Waals surface area contributed by atoms with Gasteiger partial charge in [-0.25, -0.2) is 0 Å². The van der Waals surface area contributed by atoms with Crippen LogP contribution in [0.3, 0.4) is 0 Å². The number of aromatic amines is 1. The Kier molecular flexibility index (Phi) is 6.11. The maximum absolute atomic E-state index is 12.6. The minimum absolute atomic E-state index is 0.0536. The predicted octanol–water partition coefficient (Wildman–Crippen LogP) is 5.30. The van der Waals surface area contributed by atoms with E-state index < -0.39 is 0 Å². The molecular weight excluding hydrogens is 320 g/mol. The van der Waals surface area contributed by atoms with Crippen LogP contribution in [0.2, 0.25) is 0 Å². The number of carbonyl (C=O) groups is 1. The molecule has 0 aliphatic heterocycles. The zero-order valence-electron chi connectivity index (χ0n) is 15.7. The van der Waals surface area contributed by atoms with Gasteiger partial charge >= 0.3 is 0 Å². The van der Waals surface area contributed by atoms with Gasteiger partial charge in [0.25, 0.3) is 0 Å². The molecule has 1 unspecified atom stereocenters. The van der Waals surface area contributed by atoms with E-state index in [-0.39, 0.29) is 11.8 Å². The predicted molar refractivity (Wildman–Crippen MR) is 108 cm³/mol. The quantitative estimate of drug-likeness (QED) is 0.533. The number of nitrogens with one attached hydrogen (secondary N) is 2. The number of H-pyrrole nitrogens is 1. The van der Waals surface area contributed by atoms with E-state index in [9.17, 15) is 4.79 Å². The van der Waals surface area contributed by atoms with Crippen LogP contribution in [0.25, 0.3) is 10.9 Å². The van der Waals surface area contributed by atoms with Gasteiger partial charge in [0.2, 0.25) is 5.91 Å². The Labute approximate surface area is 155 Å². The number of aromatic nitrogens is 1. The molecule has 0 radical (unpaired) electrons. The standard InChI is InChI=1S/C23H28N2O/c1-3-4-7-14-24-23(26)15-20(18-12-10-17(2)11-13-18)21-16-25-22-9-6-5-8-19(21)22/h5-6,8-13,16,20,25H,3-4,7,14-15H2,1-2H3,(H,24,26). The fourth-order valence-corrected chi connectivity index (χ4v) is 3.45. The van der Waals surface area contributed by atoms with Crippen molar-refractivity contribution < 1.29 is 4.79 Å². The highest BCUT2D eigenvalue weighted by Gasteiger charge is 2.21. The average Bonchev–Trinajstić information content (AvgIpc) is 3.08. The number of hydrogen-bond acceptors (Lipinski definition) is 1. The summed E-state index contributed by atoms with van der Waals surface area (Å²) >= 11 is 0. The number of para-hydroxylation sites is 1. The van der Waals surface area contributed by atoms with E-state index in [0.29, 0.717) is 6.42 Å². The molecule has 136 valence electrons. The van der Waals surface area contributed by atoms with Gasteiger partial charge in [0, 0.05) is 36.0 Å². The van der Waals surface area contributed by atoms with E-state index in [1.165, 1.54) is 22.1 Å². The monoisotopic (exact) mass is 348 g/mol. The molecule has 0 saturated carbocycles. The first-order valence-corrected chi connectivity index (χ1v) is 9.58. The van der Waals surface area contributed by atoms with Crippen LogP contribution in [-0.2, 0) is 4.79 Å². The third kappa shape index (κ3) is 4.34. The van der Waals surface area contributed by atoms with E-state index in [1.54, 1.807) is 0 Å². The van der Waals surface area contributed by atoms with Crippen LogP contribution in [0.4, 0.5) is 0 Å². The van der Waals surface area contributed by atoms with Gasteiger partial charge in [-0.1, -0.05) is 67.8 Å². The molecule has 2 aromatic carbocycles. The van der Waals surface area contributed by atoms with Crippen LogP contribution in [0.5, 0.6) is 0 Å². The van der Waals surface area contributed by atoms with Crippen molar-refractivity contribution in [2.75, 3.05) is 6.54 Å². The zero-order valence-corrected chi connectivity index (χ0v) is 15.7. The number of rotatable bonds is 8. The number of fused-ring (bicyclic) bond motifs is 1. The summed E-state index contributed by atoms with van der Waals surface area (Å²) in [4.78, 5) is 15.9. The maximum atomic E-state index is 12.6. The van der Waals surface area contributed by atoms with Crippen molar-refractivity contribution in [1.82, 2.24) is 10.3 Å². The van der Waals surface area contributed by atoms with Crippen LogP contribution >= 0.6 is 0 Å². The lowest BCUT2D eigenvalue weighted by Crippen LogP contribution is -2.26. The topological polar surface area (TPSA) is 44.9 Å². The number of unbranched alkanes of at least 4 members (excludes halogenated alkanes) is 2. The first-order chi connectivity index (χ1) is 12.7. The second-order valence-electron chi connectivity index (χ2n) is 7.01. The Balaban J connectivity index is 1.85. The second-order valence-corrected chi connectivity index (χ2v) is 7.01. The van der Waals surface area contributed by atoms with Crippen LogP contribution in [0.1, 0.15) is 55.2 Å². The molecule has 26 heavy (non-hydrogen) atoms. The van der Waals surface area contributed by atoms with Crippen molar-refractivity contribution in [1.29, 1.82) is 0 Å². The van der Waals surface area contributed by atoms with Gasteiger partial charge in [0.1, 0.15) is 0 Å². The molecule has 0 aliphatic carbocycles. The van der Waals surface area contributed by atoms with Gasteiger partial charge in [-0.2, -0.15) is 0 Å². The van der Waals surface area contributed by atoms with E-state index in [2.05, 4.69) is 72.8 Å². The van der Waals surface area contributed by atoms with Gasteiger partial charge in [0.15, 0.2) is 0 Å². The third-order valence-electron chi connectivity index (χ3n) is 4.97. The number of amides is 1. The number of benzene rings is 2. The van der Waals surface area contributed by atoms with Crippen LogP contribution in [-0.4, -0.2) is 17.4 Å². The van der Waals surface area contributed by atoms with Gasteiger partial charge < -0.3 is 10.3 Å². The molecule has 3 aromatic rings. The van der Waals surface area contributed by atoms with Crippen LogP contribution < -0.4 is 5.32 Å². The second kappa shape index (κ2) is 8.70. The molecule has 1 heterocycles. The lowest BCUT2D eigenvalue weighted by Gasteiger charge is -2.17. The Morgan fingerprint density at radius 1 is 1.08 bits per heavy atom. The molecule has 0 spiro atoms. The highest BCUT2D eigenvalue weighted by atomic mass is 16.1. The smallest absolute Gasteiger partial charge is 0.220 e. The molecule has 3 nitrogen and oxygen atoms in total.